The highest BCUT2D eigenvalue weighted by atomic mass is 79.9. The molecule has 2 rings (SSSR count). The molecule has 0 radical (unpaired) electrons. The van der Waals surface area contributed by atoms with Crippen LogP contribution in [0.3, 0.4) is 0 Å². The maximum Gasteiger partial charge on any atom is 0.140 e. The Hall–Kier alpha value is -0.100. The second-order valence-corrected chi connectivity index (χ2v) is 6.40. The van der Waals surface area contributed by atoms with Gasteiger partial charge in [-0.15, -0.1) is 11.3 Å². The van der Waals surface area contributed by atoms with Gasteiger partial charge in [0.25, 0.3) is 0 Å². The molecule has 92 valence electrons. The second kappa shape index (κ2) is 6.18. The molecule has 1 unspecified atom stereocenters. The van der Waals surface area contributed by atoms with Crippen molar-refractivity contribution in [3.8, 4) is 0 Å². The molecule has 0 amide bonds. The zero-order chi connectivity index (χ0) is 12.3. The van der Waals surface area contributed by atoms with Crippen molar-refractivity contribution < 1.29 is 4.42 Å². The number of thiophene rings is 1. The third-order valence-corrected chi connectivity index (χ3v) is 4.79. The van der Waals surface area contributed by atoms with Crippen LogP contribution in [0, 0.1) is 0 Å². The van der Waals surface area contributed by atoms with E-state index in [2.05, 4.69) is 55.5 Å². The third kappa shape index (κ3) is 3.22. The van der Waals surface area contributed by atoms with Gasteiger partial charge in [-0.1, -0.05) is 6.92 Å². The lowest BCUT2D eigenvalue weighted by molar-refractivity contribution is 0.447. The van der Waals surface area contributed by atoms with Crippen molar-refractivity contribution in [1.82, 2.24) is 5.32 Å². The first-order valence-corrected chi connectivity index (χ1v) is 7.89. The molecule has 0 aliphatic carbocycles. The summed E-state index contributed by atoms with van der Waals surface area (Å²) in [6.45, 7) is 3.12. The van der Waals surface area contributed by atoms with E-state index in [0.29, 0.717) is 0 Å². The molecule has 1 atom stereocenters. The Morgan fingerprint density at radius 1 is 1.47 bits per heavy atom. The fourth-order valence-corrected chi connectivity index (χ4v) is 3.55. The molecule has 5 heteroatoms. The van der Waals surface area contributed by atoms with Crippen molar-refractivity contribution >= 4 is 43.2 Å². The van der Waals surface area contributed by atoms with Gasteiger partial charge in [0, 0.05) is 14.7 Å². The van der Waals surface area contributed by atoms with Crippen LogP contribution in [-0.2, 0) is 0 Å². The average Bonchev–Trinajstić information content (AvgIpc) is 2.90. The molecule has 0 saturated carbocycles. The van der Waals surface area contributed by atoms with Crippen molar-refractivity contribution in [2.24, 2.45) is 0 Å². The van der Waals surface area contributed by atoms with E-state index in [9.17, 15) is 0 Å². The molecule has 2 heterocycles. The molecule has 0 spiro atoms. The Bertz CT molecular complexity index is 480. The van der Waals surface area contributed by atoms with Crippen LogP contribution in [0.4, 0.5) is 0 Å². The SMILES string of the molecule is CCCNC(c1cc(Br)cs1)c1occc1Br. The first-order chi connectivity index (χ1) is 8.22. The summed E-state index contributed by atoms with van der Waals surface area (Å²) in [5.41, 5.74) is 0. The van der Waals surface area contributed by atoms with Crippen molar-refractivity contribution in [3.05, 3.63) is 43.4 Å². The van der Waals surface area contributed by atoms with Crippen LogP contribution in [0.15, 0.2) is 37.1 Å². The van der Waals surface area contributed by atoms with Crippen LogP contribution in [0.2, 0.25) is 0 Å². The van der Waals surface area contributed by atoms with Crippen LogP contribution in [0.5, 0.6) is 0 Å². The molecule has 0 aromatic carbocycles. The summed E-state index contributed by atoms with van der Waals surface area (Å²) in [5.74, 6) is 0.938. The van der Waals surface area contributed by atoms with Crippen LogP contribution in [-0.4, -0.2) is 6.54 Å². The molecule has 17 heavy (non-hydrogen) atoms. The molecular formula is C12H13Br2NOS. The first kappa shape index (κ1) is 13.3. The van der Waals surface area contributed by atoms with Gasteiger partial charge in [0.15, 0.2) is 0 Å². The zero-order valence-electron chi connectivity index (χ0n) is 9.37. The van der Waals surface area contributed by atoms with Gasteiger partial charge >= 0.3 is 0 Å². The van der Waals surface area contributed by atoms with Gasteiger partial charge in [-0.3, -0.25) is 0 Å². The highest BCUT2D eigenvalue weighted by Gasteiger charge is 2.20. The zero-order valence-corrected chi connectivity index (χ0v) is 13.4. The van der Waals surface area contributed by atoms with E-state index in [4.69, 9.17) is 4.42 Å². The van der Waals surface area contributed by atoms with Crippen LogP contribution in [0.25, 0.3) is 0 Å². The fourth-order valence-electron chi connectivity index (χ4n) is 1.60. The lowest BCUT2D eigenvalue weighted by Gasteiger charge is -2.15. The van der Waals surface area contributed by atoms with Crippen molar-refractivity contribution in [3.63, 3.8) is 0 Å². The summed E-state index contributed by atoms with van der Waals surface area (Å²) in [6, 6.07) is 4.18. The molecule has 0 aliphatic heterocycles. The summed E-state index contributed by atoms with van der Waals surface area (Å²) >= 11 is 8.74. The Morgan fingerprint density at radius 3 is 2.82 bits per heavy atom. The lowest BCUT2D eigenvalue weighted by Crippen LogP contribution is -2.22. The highest BCUT2D eigenvalue weighted by Crippen LogP contribution is 2.34. The van der Waals surface area contributed by atoms with E-state index in [1.165, 1.54) is 4.88 Å². The fraction of sp³-hybridized carbons (Fsp3) is 0.333. The van der Waals surface area contributed by atoms with E-state index in [1.54, 1.807) is 17.6 Å². The molecule has 2 aromatic rings. The van der Waals surface area contributed by atoms with E-state index in [-0.39, 0.29) is 6.04 Å². The smallest absolute Gasteiger partial charge is 0.140 e. The summed E-state index contributed by atoms with van der Waals surface area (Å²) in [4.78, 5) is 1.25. The number of furan rings is 1. The third-order valence-electron chi connectivity index (χ3n) is 2.38. The van der Waals surface area contributed by atoms with E-state index in [0.717, 1.165) is 27.7 Å². The van der Waals surface area contributed by atoms with E-state index >= 15 is 0 Å². The average molecular weight is 379 g/mol. The molecule has 0 bridgehead atoms. The number of rotatable bonds is 5. The molecule has 1 N–H and O–H groups in total. The highest BCUT2D eigenvalue weighted by molar-refractivity contribution is 9.10. The number of hydrogen-bond donors (Lipinski definition) is 1. The maximum absolute atomic E-state index is 5.57. The van der Waals surface area contributed by atoms with Gasteiger partial charge in [0.05, 0.1) is 10.7 Å². The predicted octanol–water partition coefficient (Wildman–Crippen LogP) is 4.96. The number of hydrogen-bond acceptors (Lipinski definition) is 3. The summed E-state index contributed by atoms with van der Waals surface area (Å²) in [6.07, 6.45) is 2.81. The van der Waals surface area contributed by atoms with Crippen LogP contribution >= 0.6 is 43.2 Å². The molecule has 2 aromatic heterocycles. The van der Waals surface area contributed by atoms with E-state index in [1.807, 2.05) is 6.07 Å². The monoisotopic (exact) mass is 377 g/mol. The standard InChI is InChI=1S/C12H13Br2NOS/c1-2-4-15-11(10-6-8(13)7-17-10)12-9(14)3-5-16-12/h3,5-7,11,15H,2,4H2,1H3. The minimum Gasteiger partial charge on any atom is -0.466 e. The molecule has 0 saturated heterocycles. The van der Waals surface area contributed by atoms with Gasteiger partial charge in [-0.2, -0.15) is 0 Å². The van der Waals surface area contributed by atoms with Crippen LogP contribution in [0.1, 0.15) is 30.0 Å². The quantitative estimate of drug-likeness (QED) is 0.795. The van der Waals surface area contributed by atoms with Crippen molar-refractivity contribution in [2.75, 3.05) is 6.54 Å². The maximum atomic E-state index is 5.57. The predicted molar refractivity (Wildman–Crippen MR) is 78.6 cm³/mol. The van der Waals surface area contributed by atoms with Crippen molar-refractivity contribution in [2.45, 2.75) is 19.4 Å². The van der Waals surface area contributed by atoms with E-state index < -0.39 is 0 Å². The number of halogens is 2. The first-order valence-electron chi connectivity index (χ1n) is 5.42. The Morgan fingerprint density at radius 2 is 2.29 bits per heavy atom. The summed E-state index contributed by atoms with van der Waals surface area (Å²) < 4.78 is 7.69. The molecule has 2 nitrogen and oxygen atoms in total. The normalized spacial score (nSPS) is 12.9. The Labute approximate surface area is 122 Å². The Balaban J connectivity index is 2.28. The summed E-state index contributed by atoms with van der Waals surface area (Å²) in [5, 5.41) is 5.60. The van der Waals surface area contributed by atoms with Crippen molar-refractivity contribution in [1.29, 1.82) is 0 Å². The molecular weight excluding hydrogens is 366 g/mol. The number of nitrogens with one attached hydrogen (secondary N) is 1. The minimum absolute atomic E-state index is 0.121. The van der Waals surface area contributed by atoms with Gasteiger partial charge < -0.3 is 9.73 Å². The topological polar surface area (TPSA) is 25.2 Å². The van der Waals surface area contributed by atoms with Gasteiger partial charge in [0.2, 0.25) is 0 Å². The Kier molecular flexibility index (Phi) is 4.85. The van der Waals surface area contributed by atoms with Gasteiger partial charge in [0.1, 0.15) is 11.8 Å². The van der Waals surface area contributed by atoms with Crippen LogP contribution < -0.4 is 5.32 Å². The molecule has 0 fully saturated rings. The van der Waals surface area contributed by atoms with Gasteiger partial charge in [-0.05, 0) is 57.0 Å². The second-order valence-electron chi connectivity index (χ2n) is 3.69. The lowest BCUT2D eigenvalue weighted by atomic mass is 10.2. The molecule has 0 aliphatic rings. The van der Waals surface area contributed by atoms with Gasteiger partial charge in [-0.25, -0.2) is 0 Å². The summed E-state index contributed by atoms with van der Waals surface area (Å²) in [7, 11) is 0. The minimum atomic E-state index is 0.121. The largest absolute Gasteiger partial charge is 0.466 e.